The van der Waals surface area contributed by atoms with Crippen molar-refractivity contribution in [2.24, 2.45) is 5.92 Å². The molecule has 5 heteroatoms. The zero-order valence-corrected chi connectivity index (χ0v) is 17.7. The lowest BCUT2D eigenvalue weighted by molar-refractivity contribution is -0.122. The highest BCUT2D eigenvalue weighted by atomic mass is 16.5. The van der Waals surface area contributed by atoms with Crippen LogP contribution in [0.2, 0.25) is 0 Å². The molecule has 3 rings (SSSR count). The summed E-state index contributed by atoms with van der Waals surface area (Å²) in [5, 5.41) is 3.05. The molecular formula is C24H30N2O3. The highest BCUT2D eigenvalue weighted by Gasteiger charge is 2.35. The molecule has 1 atom stereocenters. The van der Waals surface area contributed by atoms with Crippen LogP contribution in [0.3, 0.4) is 0 Å². The zero-order valence-electron chi connectivity index (χ0n) is 17.7. The van der Waals surface area contributed by atoms with Crippen molar-refractivity contribution < 1.29 is 14.3 Å². The second kappa shape index (κ2) is 8.68. The molecule has 1 aliphatic heterocycles. The summed E-state index contributed by atoms with van der Waals surface area (Å²) in [6.07, 6.45) is 1.17. The maximum absolute atomic E-state index is 12.9. The predicted octanol–water partition coefficient (Wildman–Crippen LogP) is 4.76. The summed E-state index contributed by atoms with van der Waals surface area (Å²) in [6.45, 7) is 9.46. The molecule has 5 nitrogen and oxygen atoms in total. The standard InChI is InChI=1S/C24H30N2O3/c1-5-14-29-19-12-10-18(11-13-19)26-16-17(15-22(26)27)23(28)25-21-9-7-6-8-20(21)24(2,3)4/h6-13,17H,5,14-16H2,1-4H3,(H,25,28)/t17-/m1/s1. The van der Waals surface area contributed by atoms with Gasteiger partial charge < -0.3 is 15.0 Å². The molecule has 0 bridgehead atoms. The maximum Gasteiger partial charge on any atom is 0.229 e. The van der Waals surface area contributed by atoms with Crippen molar-refractivity contribution in [1.29, 1.82) is 0 Å². The first-order valence-corrected chi connectivity index (χ1v) is 10.2. The van der Waals surface area contributed by atoms with E-state index < -0.39 is 0 Å². The summed E-state index contributed by atoms with van der Waals surface area (Å²) < 4.78 is 5.60. The number of ether oxygens (including phenoxy) is 1. The topological polar surface area (TPSA) is 58.6 Å². The Bertz CT molecular complexity index is 868. The Labute approximate surface area is 173 Å². The molecule has 0 spiro atoms. The highest BCUT2D eigenvalue weighted by Crippen LogP contribution is 2.31. The first-order valence-electron chi connectivity index (χ1n) is 10.2. The van der Waals surface area contributed by atoms with Gasteiger partial charge in [0.2, 0.25) is 11.8 Å². The van der Waals surface area contributed by atoms with E-state index in [-0.39, 0.29) is 29.6 Å². The number of nitrogens with zero attached hydrogens (tertiary/aromatic N) is 1. The smallest absolute Gasteiger partial charge is 0.229 e. The van der Waals surface area contributed by atoms with Gasteiger partial charge in [-0.05, 0) is 47.7 Å². The van der Waals surface area contributed by atoms with E-state index >= 15 is 0 Å². The van der Waals surface area contributed by atoms with Gasteiger partial charge >= 0.3 is 0 Å². The van der Waals surface area contributed by atoms with Gasteiger partial charge in [-0.3, -0.25) is 9.59 Å². The van der Waals surface area contributed by atoms with Crippen molar-refractivity contribution in [2.45, 2.75) is 46.0 Å². The third-order valence-corrected chi connectivity index (χ3v) is 5.11. The summed E-state index contributed by atoms with van der Waals surface area (Å²) in [5.74, 6) is 0.277. The van der Waals surface area contributed by atoms with E-state index in [1.165, 1.54) is 0 Å². The minimum Gasteiger partial charge on any atom is -0.494 e. The van der Waals surface area contributed by atoms with Gasteiger partial charge in [-0.1, -0.05) is 45.9 Å². The number of nitrogens with one attached hydrogen (secondary N) is 1. The van der Waals surface area contributed by atoms with Crippen LogP contribution in [0.25, 0.3) is 0 Å². The molecule has 29 heavy (non-hydrogen) atoms. The minimum absolute atomic E-state index is 0.0310. The van der Waals surface area contributed by atoms with E-state index in [0.29, 0.717) is 13.2 Å². The Kier molecular flexibility index (Phi) is 6.26. The number of benzene rings is 2. The maximum atomic E-state index is 12.9. The van der Waals surface area contributed by atoms with Gasteiger partial charge in [0.1, 0.15) is 5.75 Å². The molecule has 2 amide bonds. The van der Waals surface area contributed by atoms with Crippen molar-refractivity contribution in [3.63, 3.8) is 0 Å². The number of amides is 2. The molecular weight excluding hydrogens is 364 g/mol. The number of anilines is 2. The van der Waals surface area contributed by atoms with Crippen LogP contribution in [-0.2, 0) is 15.0 Å². The van der Waals surface area contributed by atoms with Crippen LogP contribution in [0.1, 0.15) is 46.1 Å². The Morgan fingerprint density at radius 3 is 2.48 bits per heavy atom. The Balaban J connectivity index is 1.68. The molecule has 0 unspecified atom stereocenters. The number of rotatable bonds is 6. The SMILES string of the molecule is CCCOc1ccc(N2C[C@H](C(=O)Nc3ccccc3C(C)(C)C)CC2=O)cc1. The number of para-hydroxylation sites is 1. The summed E-state index contributed by atoms with van der Waals surface area (Å²) in [5.41, 5.74) is 2.61. The lowest BCUT2D eigenvalue weighted by Crippen LogP contribution is -2.28. The van der Waals surface area contributed by atoms with Crippen LogP contribution in [0.5, 0.6) is 5.75 Å². The number of hydrogen-bond donors (Lipinski definition) is 1. The van der Waals surface area contributed by atoms with Crippen LogP contribution in [0, 0.1) is 5.92 Å². The summed E-state index contributed by atoms with van der Waals surface area (Å²) in [6, 6.07) is 15.3. The van der Waals surface area contributed by atoms with Crippen LogP contribution < -0.4 is 15.0 Å². The molecule has 0 radical (unpaired) electrons. The quantitative estimate of drug-likeness (QED) is 0.768. The predicted molar refractivity (Wildman–Crippen MR) is 116 cm³/mol. The van der Waals surface area contributed by atoms with Crippen LogP contribution in [-0.4, -0.2) is 25.0 Å². The lowest BCUT2D eigenvalue weighted by atomic mass is 9.85. The van der Waals surface area contributed by atoms with Crippen molar-refractivity contribution in [3.05, 3.63) is 54.1 Å². The average Bonchev–Trinajstić information content (AvgIpc) is 3.08. The first kappa shape index (κ1) is 20.9. The lowest BCUT2D eigenvalue weighted by Gasteiger charge is -2.23. The number of carbonyl (C=O) groups is 2. The molecule has 0 aliphatic carbocycles. The third-order valence-electron chi connectivity index (χ3n) is 5.11. The number of hydrogen-bond acceptors (Lipinski definition) is 3. The second-order valence-electron chi connectivity index (χ2n) is 8.53. The van der Waals surface area contributed by atoms with Gasteiger partial charge in [0, 0.05) is 24.3 Å². The number of carbonyl (C=O) groups excluding carboxylic acids is 2. The van der Waals surface area contributed by atoms with Crippen LogP contribution in [0.15, 0.2) is 48.5 Å². The van der Waals surface area contributed by atoms with E-state index in [9.17, 15) is 9.59 Å². The third kappa shape index (κ3) is 4.97. The normalized spacial score (nSPS) is 16.8. The molecule has 154 valence electrons. The van der Waals surface area contributed by atoms with E-state index in [1.807, 2.05) is 48.5 Å². The molecule has 1 saturated heterocycles. The Morgan fingerprint density at radius 1 is 1.14 bits per heavy atom. The van der Waals surface area contributed by atoms with Gasteiger partial charge in [0.15, 0.2) is 0 Å². The molecule has 1 N–H and O–H groups in total. The van der Waals surface area contributed by atoms with E-state index in [0.717, 1.165) is 29.1 Å². The molecule has 1 aliphatic rings. The molecule has 2 aromatic rings. The van der Waals surface area contributed by atoms with E-state index in [4.69, 9.17) is 4.74 Å². The largest absolute Gasteiger partial charge is 0.494 e. The minimum atomic E-state index is -0.369. The van der Waals surface area contributed by atoms with Gasteiger partial charge in [-0.2, -0.15) is 0 Å². The van der Waals surface area contributed by atoms with Gasteiger partial charge in [-0.15, -0.1) is 0 Å². The van der Waals surface area contributed by atoms with Gasteiger partial charge in [0.25, 0.3) is 0 Å². The summed E-state index contributed by atoms with van der Waals surface area (Å²) in [4.78, 5) is 27.1. The fourth-order valence-electron chi connectivity index (χ4n) is 3.56. The van der Waals surface area contributed by atoms with Crippen molar-refractivity contribution in [3.8, 4) is 5.75 Å². The van der Waals surface area contributed by atoms with Crippen molar-refractivity contribution >= 4 is 23.2 Å². The van der Waals surface area contributed by atoms with E-state index in [1.54, 1.807) is 4.90 Å². The Morgan fingerprint density at radius 2 is 1.83 bits per heavy atom. The van der Waals surface area contributed by atoms with Gasteiger partial charge in [0.05, 0.1) is 12.5 Å². The van der Waals surface area contributed by atoms with E-state index in [2.05, 4.69) is 33.0 Å². The van der Waals surface area contributed by atoms with Gasteiger partial charge in [-0.25, -0.2) is 0 Å². The van der Waals surface area contributed by atoms with Crippen molar-refractivity contribution in [1.82, 2.24) is 0 Å². The first-order chi connectivity index (χ1) is 13.8. The van der Waals surface area contributed by atoms with Crippen molar-refractivity contribution in [2.75, 3.05) is 23.4 Å². The molecule has 2 aromatic carbocycles. The average molecular weight is 395 g/mol. The van der Waals surface area contributed by atoms with Crippen LogP contribution in [0.4, 0.5) is 11.4 Å². The molecule has 0 saturated carbocycles. The summed E-state index contributed by atoms with van der Waals surface area (Å²) in [7, 11) is 0. The summed E-state index contributed by atoms with van der Waals surface area (Å²) >= 11 is 0. The molecule has 1 fully saturated rings. The van der Waals surface area contributed by atoms with Crippen LogP contribution >= 0.6 is 0 Å². The zero-order chi connectivity index (χ0) is 21.0. The fraction of sp³-hybridized carbons (Fsp3) is 0.417. The second-order valence-corrected chi connectivity index (χ2v) is 8.53. The Hall–Kier alpha value is -2.82. The highest BCUT2D eigenvalue weighted by molar-refractivity contribution is 6.03. The fourth-order valence-corrected chi connectivity index (χ4v) is 3.56. The monoisotopic (exact) mass is 394 g/mol. The molecule has 1 heterocycles. The molecule has 0 aromatic heterocycles.